The standard InChI is InChI=1S/C27H17N3O.Pd/c1-18-9-10-19(24-7-4-5-13-28-24)16-26(18)31-20-11-12-21-22-6-2-3-8-25(22)30-15-14-29-27(30)23(21)17-20;/h2-15H,1H3;/q-2;+2. The summed E-state index contributed by atoms with van der Waals surface area (Å²) in [7, 11) is 0. The second-order valence-corrected chi connectivity index (χ2v) is 7.45. The van der Waals surface area contributed by atoms with Gasteiger partial charge in [0.2, 0.25) is 0 Å². The van der Waals surface area contributed by atoms with Crippen LogP contribution in [0, 0.1) is 19.1 Å². The summed E-state index contributed by atoms with van der Waals surface area (Å²) in [6.45, 7) is 2.01. The Balaban J connectivity index is 0.00000216. The van der Waals surface area contributed by atoms with Crippen LogP contribution in [0.25, 0.3) is 38.6 Å². The molecule has 0 aliphatic rings. The van der Waals surface area contributed by atoms with Gasteiger partial charge in [-0.1, -0.05) is 71.8 Å². The molecule has 0 N–H and O–H groups in total. The molecular weight excluding hydrogens is 489 g/mol. The molecule has 6 aromatic rings. The van der Waals surface area contributed by atoms with Crippen LogP contribution >= 0.6 is 0 Å². The fourth-order valence-corrected chi connectivity index (χ4v) is 3.96. The molecule has 3 aromatic carbocycles. The van der Waals surface area contributed by atoms with Crippen molar-refractivity contribution in [1.82, 2.24) is 14.4 Å². The molecule has 0 atom stereocenters. The first-order valence-corrected chi connectivity index (χ1v) is 10.1. The first-order chi connectivity index (χ1) is 15.3. The van der Waals surface area contributed by atoms with Crippen molar-refractivity contribution in [2.45, 2.75) is 6.92 Å². The Morgan fingerprint density at radius 2 is 1.69 bits per heavy atom. The number of aromatic nitrogens is 3. The first-order valence-electron chi connectivity index (χ1n) is 10.1. The Hall–Kier alpha value is -3.52. The molecule has 0 spiro atoms. The SMILES string of the molecule is Cc1ccc(-c2ccccn2)[c-]c1Oc1[c-]c2c(cc1)c1ccccc1n1ccnc21.[Pd+2]. The van der Waals surface area contributed by atoms with E-state index in [2.05, 4.69) is 50.8 Å². The number of para-hydroxylation sites is 1. The van der Waals surface area contributed by atoms with Gasteiger partial charge >= 0.3 is 20.4 Å². The molecule has 0 unspecified atom stereocenters. The predicted molar refractivity (Wildman–Crippen MR) is 122 cm³/mol. The van der Waals surface area contributed by atoms with Crippen LogP contribution in [0.15, 0.2) is 85.3 Å². The Morgan fingerprint density at radius 3 is 2.56 bits per heavy atom. The van der Waals surface area contributed by atoms with Gasteiger partial charge in [-0.2, -0.15) is 0 Å². The van der Waals surface area contributed by atoms with Gasteiger partial charge in [0.15, 0.2) is 0 Å². The zero-order valence-electron chi connectivity index (χ0n) is 17.1. The molecule has 156 valence electrons. The summed E-state index contributed by atoms with van der Waals surface area (Å²) in [6.07, 6.45) is 5.57. The summed E-state index contributed by atoms with van der Waals surface area (Å²) < 4.78 is 8.34. The minimum atomic E-state index is 0. The number of fused-ring (bicyclic) bond motifs is 6. The van der Waals surface area contributed by atoms with Gasteiger partial charge in [0, 0.05) is 35.6 Å². The molecule has 3 heterocycles. The number of benzene rings is 3. The summed E-state index contributed by atoms with van der Waals surface area (Å²) in [6, 6.07) is 29.0. The molecule has 3 aromatic heterocycles. The van der Waals surface area contributed by atoms with Crippen LogP contribution in [0.4, 0.5) is 0 Å². The fraction of sp³-hybridized carbons (Fsp3) is 0.0370. The average molecular weight is 506 g/mol. The summed E-state index contributed by atoms with van der Waals surface area (Å²) in [5.41, 5.74) is 4.74. The molecule has 0 saturated heterocycles. The molecule has 0 fully saturated rings. The molecule has 4 nitrogen and oxygen atoms in total. The van der Waals surface area contributed by atoms with Crippen molar-refractivity contribution in [2.24, 2.45) is 0 Å². The fourth-order valence-electron chi connectivity index (χ4n) is 3.96. The number of pyridine rings is 2. The smallest absolute Gasteiger partial charge is 0.496 e. The van der Waals surface area contributed by atoms with Gasteiger partial charge in [-0.25, -0.2) is 0 Å². The second-order valence-electron chi connectivity index (χ2n) is 7.45. The van der Waals surface area contributed by atoms with E-state index >= 15 is 0 Å². The number of nitrogens with zero attached hydrogens (tertiary/aromatic N) is 3. The van der Waals surface area contributed by atoms with E-state index < -0.39 is 0 Å². The van der Waals surface area contributed by atoms with Crippen LogP contribution in [-0.2, 0) is 20.4 Å². The molecule has 0 amide bonds. The molecule has 0 aliphatic carbocycles. The van der Waals surface area contributed by atoms with Crippen LogP contribution in [-0.4, -0.2) is 14.4 Å². The van der Waals surface area contributed by atoms with E-state index in [4.69, 9.17) is 4.74 Å². The number of hydrogen-bond donors (Lipinski definition) is 0. The van der Waals surface area contributed by atoms with E-state index in [9.17, 15) is 0 Å². The summed E-state index contributed by atoms with van der Waals surface area (Å²) in [5.74, 6) is 1.30. The molecule has 6 rings (SSSR count). The van der Waals surface area contributed by atoms with Gasteiger partial charge in [0.25, 0.3) is 0 Å². The van der Waals surface area contributed by atoms with Gasteiger partial charge in [-0.15, -0.1) is 23.8 Å². The van der Waals surface area contributed by atoms with E-state index in [-0.39, 0.29) is 20.4 Å². The first kappa shape index (κ1) is 20.4. The van der Waals surface area contributed by atoms with Crippen LogP contribution in [0.3, 0.4) is 0 Å². The topological polar surface area (TPSA) is 39.4 Å². The van der Waals surface area contributed by atoms with Gasteiger partial charge < -0.3 is 14.1 Å². The largest absolute Gasteiger partial charge is 2.00 e. The van der Waals surface area contributed by atoms with E-state index in [1.54, 1.807) is 6.20 Å². The van der Waals surface area contributed by atoms with E-state index in [1.165, 1.54) is 0 Å². The Labute approximate surface area is 199 Å². The normalized spacial score (nSPS) is 11.0. The predicted octanol–water partition coefficient (Wildman–Crippen LogP) is 6.40. The average Bonchev–Trinajstić information content (AvgIpc) is 3.32. The summed E-state index contributed by atoms with van der Waals surface area (Å²) in [4.78, 5) is 9.00. The Kier molecular flexibility index (Phi) is 5.22. The third kappa shape index (κ3) is 3.37. The molecule has 0 saturated carbocycles. The zero-order chi connectivity index (χ0) is 20.8. The third-order valence-corrected chi connectivity index (χ3v) is 5.50. The molecule has 0 aliphatic heterocycles. The second kappa shape index (κ2) is 8.20. The molecular formula is C27H17N3OPd. The summed E-state index contributed by atoms with van der Waals surface area (Å²) >= 11 is 0. The van der Waals surface area contributed by atoms with Crippen molar-refractivity contribution < 1.29 is 25.2 Å². The maximum atomic E-state index is 6.24. The van der Waals surface area contributed by atoms with Crippen molar-refractivity contribution in [3.05, 3.63) is 103 Å². The van der Waals surface area contributed by atoms with Crippen molar-refractivity contribution in [2.75, 3.05) is 0 Å². The van der Waals surface area contributed by atoms with Crippen LogP contribution in [0.5, 0.6) is 11.5 Å². The van der Waals surface area contributed by atoms with Crippen molar-refractivity contribution in [3.8, 4) is 22.8 Å². The Bertz CT molecular complexity index is 1570. The number of hydrogen-bond acceptors (Lipinski definition) is 3. The molecule has 0 radical (unpaired) electrons. The third-order valence-electron chi connectivity index (χ3n) is 5.50. The van der Waals surface area contributed by atoms with Crippen LogP contribution in [0.2, 0.25) is 0 Å². The molecule has 5 heteroatoms. The zero-order valence-corrected chi connectivity index (χ0v) is 18.7. The maximum absolute atomic E-state index is 6.24. The number of aryl methyl sites for hydroxylation is 1. The van der Waals surface area contributed by atoms with Gasteiger partial charge in [-0.05, 0) is 23.2 Å². The van der Waals surface area contributed by atoms with Crippen LogP contribution < -0.4 is 4.74 Å². The van der Waals surface area contributed by atoms with Gasteiger partial charge in [-0.3, -0.25) is 4.98 Å². The Morgan fingerprint density at radius 1 is 0.812 bits per heavy atom. The molecule has 32 heavy (non-hydrogen) atoms. The van der Waals surface area contributed by atoms with Gasteiger partial charge in [0.1, 0.15) is 0 Å². The number of ether oxygens (including phenoxy) is 1. The maximum Gasteiger partial charge on any atom is 2.00 e. The summed E-state index contributed by atoms with van der Waals surface area (Å²) in [5, 5.41) is 3.19. The van der Waals surface area contributed by atoms with Crippen LogP contribution in [0.1, 0.15) is 5.56 Å². The minimum Gasteiger partial charge on any atom is -0.496 e. The number of rotatable bonds is 3. The number of imidazole rings is 1. The minimum absolute atomic E-state index is 0. The van der Waals surface area contributed by atoms with E-state index in [1.807, 2.05) is 61.8 Å². The monoisotopic (exact) mass is 505 g/mol. The van der Waals surface area contributed by atoms with Gasteiger partial charge in [0.05, 0.1) is 5.65 Å². The van der Waals surface area contributed by atoms with E-state index in [0.717, 1.165) is 44.1 Å². The quantitative estimate of drug-likeness (QED) is 0.159. The van der Waals surface area contributed by atoms with E-state index in [0.29, 0.717) is 11.5 Å². The molecule has 0 bridgehead atoms. The van der Waals surface area contributed by atoms with Crippen molar-refractivity contribution >= 4 is 27.3 Å². The van der Waals surface area contributed by atoms with Crippen molar-refractivity contribution in [3.63, 3.8) is 0 Å². The van der Waals surface area contributed by atoms with Crippen molar-refractivity contribution in [1.29, 1.82) is 0 Å².